The van der Waals surface area contributed by atoms with Crippen molar-refractivity contribution < 1.29 is 14.3 Å². The predicted molar refractivity (Wildman–Crippen MR) is 113 cm³/mol. The maximum Gasteiger partial charge on any atom is 0.272 e. The Morgan fingerprint density at radius 3 is 2.55 bits per heavy atom. The highest BCUT2D eigenvalue weighted by Gasteiger charge is 2.25. The van der Waals surface area contributed by atoms with Crippen molar-refractivity contribution in [2.24, 2.45) is 5.92 Å². The van der Waals surface area contributed by atoms with Crippen LogP contribution in [0.25, 0.3) is 0 Å². The van der Waals surface area contributed by atoms with E-state index in [0.29, 0.717) is 49.9 Å². The average Bonchev–Trinajstić information content (AvgIpc) is 2.77. The fourth-order valence-corrected chi connectivity index (χ4v) is 3.29. The standard InChI is InChI=1S/C22H28N4O3/c1-16(2)15-24-21(27)17-8-9-23-18(14-17)22(28)26-12-10-25(11-13-26)19-6-4-5-7-20(19)29-3/h4-9,14,16H,10-13,15H2,1-3H3,(H,24,27). The molecule has 3 rings (SSSR count). The highest BCUT2D eigenvalue weighted by atomic mass is 16.5. The van der Waals surface area contributed by atoms with Crippen molar-refractivity contribution in [3.05, 3.63) is 53.9 Å². The van der Waals surface area contributed by atoms with Crippen molar-refractivity contribution in [3.63, 3.8) is 0 Å². The van der Waals surface area contributed by atoms with Gasteiger partial charge in [-0.15, -0.1) is 0 Å². The van der Waals surface area contributed by atoms with Gasteiger partial charge < -0.3 is 19.9 Å². The van der Waals surface area contributed by atoms with E-state index in [1.807, 2.05) is 38.1 Å². The summed E-state index contributed by atoms with van der Waals surface area (Å²) in [6.07, 6.45) is 1.52. The fourth-order valence-electron chi connectivity index (χ4n) is 3.29. The second-order valence-electron chi connectivity index (χ2n) is 7.48. The fraction of sp³-hybridized carbons (Fsp3) is 0.409. The summed E-state index contributed by atoms with van der Waals surface area (Å²) in [5.41, 5.74) is 1.79. The van der Waals surface area contributed by atoms with E-state index in [4.69, 9.17) is 4.74 Å². The molecule has 7 nitrogen and oxygen atoms in total. The molecule has 1 fully saturated rings. The molecule has 0 saturated carbocycles. The Balaban J connectivity index is 1.63. The molecule has 0 spiro atoms. The summed E-state index contributed by atoms with van der Waals surface area (Å²) in [7, 11) is 1.66. The minimum Gasteiger partial charge on any atom is -0.495 e. The van der Waals surface area contributed by atoms with Crippen molar-refractivity contribution in [1.29, 1.82) is 0 Å². The van der Waals surface area contributed by atoms with Crippen LogP contribution in [-0.2, 0) is 0 Å². The van der Waals surface area contributed by atoms with Crippen LogP contribution in [0.5, 0.6) is 5.75 Å². The first-order valence-electron chi connectivity index (χ1n) is 9.91. The molecule has 29 heavy (non-hydrogen) atoms. The molecule has 1 saturated heterocycles. The highest BCUT2D eigenvalue weighted by molar-refractivity contribution is 5.98. The first-order chi connectivity index (χ1) is 14.0. The van der Waals surface area contributed by atoms with Gasteiger partial charge in [0.15, 0.2) is 0 Å². The summed E-state index contributed by atoms with van der Waals surface area (Å²) in [6, 6.07) is 11.1. The topological polar surface area (TPSA) is 74.8 Å². The zero-order valence-electron chi connectivity index (χ0n) is 17.2. The van der Waals surface area contributed by atoms with E-state index >= 15 is 0 Å². The number of benzene rings is 1. The predicted octanol–water partition coefficient (Wildman–Crippen LogP) is 2.44. The van der Waals surface area contributed by atoms with E-state index in [2.05, 4.69) is 15.2 Å². The Bertz CT molecular complexity index is 861. The molecular formula is C22H28N4O3. The summed E-state index contributed by atoms with van der Waals surface area (Å²) >= 11 is 0. The van der Waals surface area contributed by atoms with Gasteiger partial charge in [-0.05, 0) is 30.2 Å². The molecule has 2 amide bonds. The molecule has 1 aliphatic rings. The van der Waals surface area contributed by atoms with Crippen molar-refractivity contribution in [3.8, 4) is 5.75 Å². The van der Waals surface area contributed by atoms with Crippen LogP contribution in [0.4, 0.5) is 5.69 Å². The van der Waals surface area contributed by atoms with Gasteiger partial charge in [-0.2, -0.15) is 0 Å². The number of nitrogens with zero attached hydrogens (tertiary/aromatic N) is 3. The normalized spacial score (nSPS) is 14.1. The largest absolute Gasteiger partial charge is 0.495 e. The summed E-state index contributed by atoms with van der Waals surface area (Å²) in [4.78, 5) is 33.4. The molecule has 0 radical (unpaired) electrons. The van der Waals surface area contributed by atoms with Crippen LogP contribution >= 0.6 is 0 Å². The number of carbonyl (C=O) groups is 2. The van der Waals surface area contributed by atoms with E-state index in [9.17, 15) is 9.59 Å². The molecule has 2 aromatic rings. The van der Waals surface area contributed by atoms with Gasteiger partial charge in [-0.25, -0.2) is 0 Å². The van der Waals surface area contributed by atoms with Gasteiger partial charge in [0, 0.05) is 44.5 Å². The Morgan fingerprint density at radius 1 is 1.14 bits per heavy atom. The number of pyridine rings is 1. The third kappa shape index (κ3) is 5.04. The van der Waals surface area contributed by atoms with Gasteiger partial charge >= 0.3 is 0 Å². The minimum absolute atomic E-state index is 0.150. The quantitative estimate of drug-likeness (QED) is 0.812. The Labute approximate surface area is 171 Å². The van der Waals surface area contributed by atoms with Gasteiger partial charge in [-0.1, -0.05) is 26.0 Å². The van der Waals surface area contributed by atoms with Crippen molar-refractivity contribution in [1.82, 2.24) is 15.2 Å². The average molecular weight is 396 g/mol. The van der Waals surface area contributed by atoms with Crippen LogP contribution in [-0.4, -0.2) is 61.5 Å². The Morgan fingerprint density at radius 2 is 1.86 bits per heavy atom. The molecule has 1 aromatic carbocycles. The first-order valence-corrected chi connectivity index (χ1v) is 9.91. The lowest BCUT2D eigenvalue weighted by molar-refractivity contribution is 0.0740. The van der Waals surface area contributed by atoms with E-state index in [-0.39, 0.29) is 11.8 Å². The van der Waals surface area contributed by atoms with Gasteiger partial charge in [-0.3, -0.25) is 14.6 Å². The van der Waals surface area contributed by atoms with E-state index in [1.165, 1.54) is 6.20 Å². The SMILES string of the molecule is COc1ccccc1N1CCN(C(=O)c2cc(C(=O)NCC(C)C)ccn2)CC1. The summed E-state index contributed by atoms with van der Waals surface area (Å²) in [5, 5.41) is 2.87. The number of aromatic nitrogens is 1. The van der Waals surface area contributed by atoms with Gasteiger partial charge in [0.2, 0.25) is 0 Å². The lowest BCUT2D eigenvalue weighted by atomic mass is 10.1. The smallest absolute Gasteiger partial charge is 0.272 e. The number of piperazine rings is 1. The maximum absolute atomic E-state index is 12.9. The number of ether oxygens (including phenoxy) is 1. The van der Waals surface area contributed by atoms with Gasteiger partial charge in [0.1, 0.15) is 11.4 Å². The molecule has 0 unspecified atom stereocenters. The third-order valence-electron chi connectivity index (χ3n) is 4.90. The molecule has 7 heteroatoms. The van der Waals surface area contributed by atoms with Gasteiger partial charge in [0.25, 0.3) is 11.8 Å². The summed E-state index contributed by atoms with van der Waals surface area (Å²) < 4.78 is 5.44. The van der Waals surface area contributed by atoms with Crippen LogP contribution in [0.3, 0.4) is 0 Å². The molecule has 1 N–H and O–H groups in total. The van der Waals surface area contributed by atoms with Gasteiger partial charge in [0.05, 0.1) is 12.8 Å². The highest BCUT2D eigenvalue weighted by Crippen LogP contribution is 2.28. The second-order valence-corrected chi connectivity index (χ2v) is 7.48. The van der Waals surface area contributed by atoms with Crippen molar-refractivity contribution in [2.45, 2.75) is 13.8 Å². The Hall–Kier alpha value is -3.09. The van der Waals surface area contributed by atoms with Crippen LogP contribution in [0.1, 0.15) is 34.7 Å². The minimum atomic E-state index is -0.184. The maximum atomic E-state index is 12.9. The molecule has 0 bridgehead atoms. The number of rotatable bonds is 6. The summed E-state index contributed by atoms with van der Waals surface area (Å²) in [6.45, 7) is 7.25. The number of amides is 2. The molecular weight excluding hydrogens is 368 g/mol. The Kier molecular flexibility index (Phi) is 6.69. The van der Waals surface area contributed by atoms with E-state index in [1.54, 1.807) is 24.1 Å². The van der Waals surface area contributed by atoms with Crippen LogP contribution < -0.4 is 15.0 Å². The van der Waals surface area contributed by atoms with Crippen LogP contribution in [0.2, 0.25) is 0 Å². The molecule has 1 aliphatic heterocycles. The van der Waals surface area contributed by atoms with Crippen molar-refractivity contribution >= 4 is 17.5 Å². The number of hydrogen-bond acceptors (Lipinski definition) is 5. The van der Waals surface area contributed by atoms with Crippen LogP contribution in [0.15, 0.2) is 42.6 Å². The molecule has 1 aromatic heterocycles. The second kappa shape index (κ2) is 9.41. The monoisotopic (exact) mass is 396 g/mol. The number of hydrogen-bond donors (Lipinski definition) is 1. The number of anilines is 1. The number of carbonyl (C=O) groups excluding carboxylic acids is 2. The van der Waals surface area contributed by atoms with E-state index in [0.717, 1.165) is 11.4 Å². The number of methoxy groups -OCH3 is 1. The molecule has 0 atom stereocenters. The zero-order valence-corrected chi connectivity index (χ0v) is 17.2. The first kappa shape index (κ1) is 20.6. The number of para-hydroxylation sites is 2. The van der Waals surface area contributed by atoms with Crippen LogP contribution in [0, 0.1) is 5.92 Å². The molecule has 0 aliphatic carbocycles. The lowest BCUT2D eigenvalue weighted by Crippen LogP contribution is -2.49. The lowest BCUT2D eigenvalue weighted by Gasteiger charge is -2.36. The third-order valence-corrected chi connectivity index (χ3v) is 4.90. The number of nitrogens with one attached hydrogen (secondary N) is 1. The zero-order chi connectivity index (χ0) is 20.8. The summed E-state index contributed by atoms with van der Waals surface area (Å²) in [5.74, 6) is 0.856. The van der Waals surface area contributed by atoms with Crippen molar-refractivity contribution in [2.75, 3.05) is 44.7 Å². The molecule has 154 valence electrons. The molecule has 2 heterocycles. The van der Waals surface area contributed by atoms with E-state index < -0.39 is 0 Å².